The molecule has 1 unspecified atom stereocenters. The molecule has 0 aromatic heterocycles. The summed E-state index contributed by atoms with van der Waals surface area (Å²) >= 11 is 1.23. The average molecular weight is 521 g/mol. The van der Waals surface area contributed by atoms with Gasteiger partial charge in [0.2, 0.25) is 0 Å². The molecule has 2 rings (SSSR count). The fraction of sp³-hybridized carbons (Fsp3) is 0.556. The number of halogens is 2. The molecule has 0 nitrogen and oxygen atoms in total. The van der Waals surface area contributed by atoms with Crippen molar-refractivity contribution in [1.29, 1.82) is 0 Å². The third kappa shape index (κ3) is 4.17. The van der Waals surface area contributed by atoms with Gasteiger partial charge < -0.3 is 24.8 Å². The van der Waals surface area contributed by atoms with Crippen LogP contribution < -0.4 is 24.8 Å². The third-order valence-corrected chi connectivity index (χ3v) is 10.1. The van der Waals surface area contributed by atoms with E-state index in [1.165, 1.54) is 41.6 Å². The molecule has 1 atom stereocenters. The van der Waals surface area contributed by atoms with Gasteiger partial charge in [-0.2, -0.15) is 0 Å². The third-order valence-electron chi connectivity index (χ3n) is 4.90. The standard InChI is InChI=1S/C18H27Si.2ClH.Hf/c1-12-13(2)15(4)18(14(12)3)17-10-8-9-16(17)11-19(5,6)7;;;/h8-10,18H,11H2,1-7H3;2*1H;/q;;;+2/p-2. The second-order valence-corrected chi connectivity index (χ2v) is 16.4. The van der Waals surface area contributed by atoms with Crippen LogP contribution in [0.1, 0.15) is 27.7 Å². The van der Waals surface area contributed by atoms with Crippen LogP contribution in [-0.2, 0) is 24.4 Å². The van der Waals surface area contributed by atoms with Crippen LogP contribution in [0.4, 0.5) is 0 Å². The van der Waals surface area contributed by atoms with Gasteiger partial charge in [-0.05, 0) is 0 Å². The monoisotopic (exact) mass is 521 g/mol. The Balaban J connectivity index is 0.00000220. The van der Waals surface area contributed by atoms with Gasteiger partial charge in [0.25, 0.3) is 0 Å². The minimum atomic E-state index is -1.05. The van der Waals surface area contributed by atoms with E-state index in [4.69, 9.17) is 0 Å². The van der Waals surface area contributed by atoms with Crippen molar-refractivity contribution >= 4 is 8.07 Å². The number of allylic oxidation sites excluding steroid dienone is 8. The van der Waals surface area contributed by atoms with Crippen molar-refractivity contribution in [2.75, 3.05) is 0 Å². The van der Waals surface area contributed by atoms with Gasteiger partial charge in [0.15, 0.2) is 0 Å². The summed E-state index contributed by atoms with van der Waals surface area (Å²) in [4.78, 5) is 0. The van der Waals surface area contributed by atoms with Crippen LogP contribution >= 0.6 is 0 Å². The van der Waals surface area contributed by atoms with E-state index in [1.54, 1.807) is 16.7 Å². The van der Waals surface area contributed by atoms with Crippen molar-refractivity contribution in [3.05, 3.63) is 46.1 Å². The molecule has 0 aromatic rings. The summed E-state index contributed by atoms with van der Waals surface area (Å²) in [6.07, 6.45) is 7.26. The molecular weight excluding hydrogens is 494 g/mol. The summed E-state index contributed by atoms with van der Waals surface area (Å²) in [5.41, 5.74) is 7.92. The minimum absolute atomic E-state index is 0. The summed E-state index contributed by atoms with van der Waals surface area (Å²) in [7, 11) is -1.05. The predicted molar refractivity (Wildman–Crippen MR) is 88.3 cm³/mol. The SMILES string of the molecule is CC1=C(C)C(C2=CC=C[C]2([Hf+2])C[Si](C)(C)C)C(C)=C1C.[Cl-].[Cl-]. The van der Waals surface area contributed by atoms with Crippen molar-refractivity contribution in [3.8, 4) is 0 Å². The Bertz CT molecular complexity index is 540. The fourth-order valence-electron chi connectivity index (χ4n) is 3.73. The molecule has 0 radical (unpaired) electrons. The number of hydrogen-bond acceptors (Lipinski definition) is 0. The van der Waals surface area contributed by atoms with E-state index in [-0.39, 0.29) is 24.8 Å². The molecule has 0 saturated heterocycles. The molecule has 0 saturated carbocycles. The average Bonchev–Trinajstić information content (AvgIpc) is 2.73. The number of rotatable bonds is 3. The van der Waals surface area contributed by atoms with Crippen LogP contribution in [0.15, 0.2) is 46.1 Å². The fourth-order valence-corrected chi connectivity index (χ4v) is 12.6. The molecule has 2 aliphatic carbocycles. The van der Waals surface area contributed by atoms with E-state index in [9.17, 15) is 0 Å². The maximum atomic E-state index is 2.51. The van der Waals surface area contributed by atoms with E-state index in [0.29, 0.717) is 9.09 Å². The number of hydrogen-bond donors (Lipinski definition) is 0. The largest absolute Gasteiger partial charge is 1.00 e. The van der Waals surface area contributed by atoms with E-state index in [1.807, 2.05) is 0 Å². The first-order valence-electron chi connectivity index (χ1n) is 7.57. The zero-order chi connectivity index (χ0) is 15.3. The van der Waals surface area contributed by atoms with Crippen molar-refractivity contribution in [2.45, 2.75) is 56.6 Å². The molecule has 0 aromatic carbocycles. The van der Waals surface area contributed by atoms with Crippen LogP contribution in [0.2, 0.25) is 28.9 Å². The van der Waals surface area contributed by atoms with Gasteiger partial charge in [-0.3, -0.25) is 0 Å². The molecule has 0 aliphatic heterocycles. The second kappa shape index (κ2) is 7.67. The topological polar surface area (TPSA) is 0 Å². The van der Waals surface area contributed by atoms with Crippen LogP contribution in [0.25, 0.3) is 0 Å². The Morgan fingerprint density at radius 2 is 1.45 bits per heavy atom. The second-order valence-electron chi connectivity index (χ2n) is 7.74. The molecule has 0 N–H and O–H groups in total. The predicted octanol–water partition coefficient (Wildman–Crippen LogP) is -0.163. The van der Waals surface area contributed by atoms with Crippen molar-refractivity contribution in [1.82, 2.24) is 0 Å². The Morgan fingerprint density at radius 3 is 1.86 bits per heavy atom. The summed E-state index contributed by atoms with van der Waals surface area (Å²) in [6.45, 7) is 16.8. The molecule has 0 fully saturated rings. The Morgan fingerprint density at radius 1 is 1.00 bits per heavy atom. The van der Waals surface area contributed by atoms with Gasteiger partial charge in [-0.25, -0.2) is 0 Å². The quantitative estimate of drug-likeness (QED) is 0.454. The minimum Gasteiger partial charge on any atom is -1.00 e. The summed E-state index contributed by atoms with van der Waals surface area (Å²) in [6, 6.07) is 1.41. The van der Waals surface area contributed by atoms with E-state index in [2.05, 4.69) is 65.6 Å². The van der Waals surface area contributed by atoms with Crippen molar-refractivity contribution in [3.63, 3.8) is 0 Å². The van der Waals surface area contributed by atoms with E-state index < -0.39 is 8.07 Å². The van der Waals surface area contributed by atoms with Gasteiger partial charge >= 0.3 is 141 Å². The van der Waals surface area contributed by atoms with E-state index >= 15 is 0 Å². The molecule has 4 heteroatoms. The van der Waals surface area contributed by atoms with Crippen LogP contribution in [0.3, 0.4) is 0 Å². The maximum Gasteiger partial charge on any atom is -1.00 e. The van der Waals surface area contributed by atoms with Crippen molar-refractivity contribution < 1.29 is 49.2 Å². The molecular formula is C18H27Cl2HfSi. The van der Waals surface area contributed by atoms with E-state index in [0.717, 1.165) is 0 Å². The Labute approximate surface area is 165 Å². The Kier molecular flexibility index (Phi) is 7.89. The molecule has 22 heavy (non-hydrogen) atoms. The van der Waals surface area contributed by atoms with Crippen molar-refractivity contribution in [2.24, 2.45) is 5.92 Å². The van der Waals surface area contributed by atoms with Crippen LogP contribution in [-0.4, -0.2) is 8.07 Å². The van der Waals surface area contributed by atoms with Gasteiger partial charge in [0, 0.05) is 0 Å². The zero-order valence-electron chi connectivity index (χ0n) is 14.8. The first-order valence-corrected chi connectivity index (χ1v) is 13.1. The van der Waals surface area contributed by atoms with Gasteiger partial charge in [-0.15, -0.1) is 0 Å². The molecule has 2 aliphatic rings. The summed E-state index contributed by atoms with van der Waals surface area (Å²) in [5.74, 6) is 0.582. The maximum absolute atomic E-state index is 2.51. The van der Waals surface area contributed by atoms with Crippen LogP contribution in [0.5, 0.6) is 0 Å². The first-order chi connectivity index (χ1) is 9.07. The Hall–Kier alpha value is 0.627. The summed E-state index contributed by atoms with van der Waals surface area (Å²) < 4.78 is 0.405. The molecule has 0 spiro atoms. The summed E-state index contributed by atoms with van der Waals surface area (Å²) in [5, 5.41) is 0. The normalized spacial score (nSPS) is 25.4. The van der Waals surface area contributed by atoms with Gasteiger partial charge in [-0.1, -0.05) is 0 Å². The van der Waals surface area contributed by atoms with Gasteiger partial charge in [0.05, 0.1) is 0 Å². The molecule has 121 valence electrons. The smallest absolute Gasteiger partial charge is 1.00 e. The molecule has 0 heterocycles. The molecule has 0 amide bonds. The first kappa shape index (κ1) is 22.6. The van der Waals surface area contributed by atoms with Gasteiger partial charge in [0.1, 0.15) is 0 Å². The molecule has 0 bridgehead atoms. The van der Waals surface area contributed by atoms with Crippen LogP contribution in [0, 0.1) is 5.92 Å². The zero-order valence-corrected chi connectivity index (χ0v) is 20.9.